The number of nitrogens with zero attached hydrogens (tertiary/aromatic N) is 2. The van der Waals surface area contributed by atoms with Crippen LogP contribution in [-0.4, -0.2) is 57.8 Å². The van der Waals surface area contributed by atoms with E-state index in [2.05, 4.69) is 30.1 Å². The number of hydrogen-bond donors (Lipinski definition) is 3. The molecule has 4 aromatic carbocycles. The van der Waals surface area contributed by atoms with Crippen LogP contribution in [0.25, 0.3) is 0 Å². The maximum atomic E-state index is 13.2. The van der Waals surface area contributed by atoms with Gasteiger partial charge in [-0.05, 0) is 96.7 Å². The Balaban J connectivity index is 1.33. The average Bonchev–Trinajstić information content (AvgIpc) is 3.28. The van der Waals surface area contributed by atoms with Crippen molar-refractivity contribution in [3.8, 4) is 11.5 Å². The highest BCUT2D eigenvalue weighted by atomic mass is 32.2. The fourth-order valence-corrected chi connectivity index (χ4v) is 10.3. The standard InChI is InChI=1S/C48H53N3O9S/c1-2-27-57-48-44(61-38-16-7-4-8-17-38)30-42(50-58-32-34-19-21-36(22-20-34)51(55)56)40-28-35(15-9-11-25-52)39(18-10-12-26-53)45(46(40)48)41-29-37(23-24-43(41)60-48)59-47(54)49-31-33-13-5-3-6-14-33/h2-8,13-14,16-17,19-24,28-29,35,39,44-46,52-53H,1,9-12,15,18,25-27,30-32H2,(H,49,54)/t35-,39+,44-,45+,46+,48+/m0/s1. The lowest BCUT2D eigenvalue weighted by atomic mass is 9.56. The summed E-state index contributed by atoms with van der Waals surface area (Å²) >= 11 is 1.66. The van der Waals surface area contributed by atoms with Gasteiger partial charge >= 0.3 is 6.09 Å². The summed E-state index contributed by atoms with van der Waals surface area (Å²) < 4.78 is 20.2. The van der Waals surface area contributed by atoms with Crippen molar-refractivity contribution in [1.82, 2.24) is 5.32 Å². The molecule has 0 unspecified atom stereocenters. The molecule has 2 aliphatic carbocycles. The number of aliphatic hydroxyl groups excluding tert-OH is 2. The minimum Gasteiger partial charge on any atom is -0.460 e. The van der Waals surface area contributed by atoms with Crippen LogP contribution in [0.1, 0.15) is 67.6 Å². The van der Waals surface area contributed by atoms with E-state index < -0.39 is 22.7 Å². The quantitative estimate of drug-likeness (QED) is 0.0338. The van der Waals surface area contributed by atoms with Crippen LogP contribution in [0.2, 0.25) is 0 Å². The lowest BCUT2D eigenvalue weighted by Crippen LogP contribution is -2.64. The van der Waals surface area contributed by atoms with Crippen LogP contribution in [-0.2, 0) is 22.7 Å². The number of benzene rings is 4. The number of rotatable bonds is 20. The Kier molecular flexibility index (Phi) is 14.9. The first-order valence-electron chi connectivity index (χ1n) is 21.0. The molecule has 320 valence electrons. The van der Waals surface area contributed by atoms with Crippen molar-refractivity contribution in [2.24, 2.45) is 22.9 Å². The number of allylic oxidation sites excluding steroid dienone is 1. The van der Waals surface area contributed by atoms with Crippen LogP contribution in [0.5, 0.6) is 11.5 Å². The molecule has 1 aliphatic heterocycles. The van der Waals surface area contributed by atoms with E-state index in [-0.39, 0.29) is 55.1 Å². The summed E-state index contributed by atoms with van der Waals surface area (Å²) in [5.74, 6) is -0.677. The van der Waals surface area contributed by atoms with E-state index in [1.807, 2.05) is 60.7 Å². The molecule has 1 heterocycles. The fraction of sp³-hybridized carbons (Fsp3) is 0.375. The van der Waals surface area contributed by atoms with E-state index in [1.165, 1.54) is 12.1 Å². The summed E-state index contributed by atoms with van der Waals surface area (Å²) in [6, 6.07) is 31.5. The topological polar surface area (TPSA) is 162 Å². The first-order valence-corrected chi connectivity index (χ1v) is 21.9. The molecule has 4 aromatic rings. The number of non-ortho nitro benzene ring substituents is 1. The molecule has 3 N–H and O–H groups in total. The van der Waals surface area contributed by atoms with Gasteiger partial charge < -0.3 is 34.6 Å². The molecule has 0 aromatic heterocycles. The zero-order valence-electron chi connectivity index (χ0n) is 34.1. The third-order valence-corrected chi connectivity index (χ3v) is 13.0. The van der Waals surface area contributed by atoms with Crippen LogP contribution in [0.4, 0.5) is 10.5 Å². The number of nitro groups is 1. The number of hydrogen-bond acceptors (Lipinski definition) is 11. The number of aliphatic hydroxyl groups is 2. The van der Waals surface area contributed by atoms with Crippen molar-refractivity contribution < 1.29 is 39.0 Å². The predicted molar refractivity (Wildman–Crippen MR) is 234 cm³/mol. The molecular weight excluding hydrogens is 795 g/mol. The van der Waals surface area contributed by atoms with Crippen molar-refractivity contribution in [2.45, 2.75) is 79.9 Å². The van der Waals surface area contributed by atoms with Crippen LogP contribution < -0.4 is 14.8 Å². The summed E-state index contributed by atoms with van der Waals surface area (Å²) in [4.78, 5) is 31.2. The minimum absolute atomic E-state index is 0.00266. The SMILES string of the molecule is C=CCO[C@@]12Oc3ccc(OC(=O)NCc4ccccc4)cc3[C@H]3[C@H](CCCCO)[C@@H](CCCCO)C=C(C(=NOCc4ccc([N+](=O)[O-])cc4)C[C@@H]1Sc1ccccc1)[C@H]32. The van der Waals surface area contributed by atoms with Gasteiger partial charge in [-0.15, -0.1) is 18.3 Å². The number of oxime groups is 1. The first-order chi connectivity index (χ1) is 29.8. The van der Waals surface area contributed by atoms with E-state index in [4.69, 9.17) is 24.2 Å². The number of nitro benzene ring substituents is 1. The number of nitrogens with one attached hydrogen (secondary N) is 1. The molecular formula is C48H53N3O9S. The summed E-state index contributed by atoms with van der Waals surface area (Å²) in [5.41, 5.74) is 4.28. The Bertz CT molecular complexity index is 2170. The fourth-order valence-electron chi connectivity index (χ4n) is 8.96. The van der Waals surface area contributed by atoms with Gasteiger partial charge in [0.2, 0.25) is 5.79 Å². The predicted octanol–water partition coefficient (Wildman–Crippen LogP) is 9.51. The molecule has 0 radical (unpaired) electrons. The Morgan fingerprint density at radius 1 is 0.951 bits per heavy atom. The highest BCUT2D eigenvalue weighted by Crippen LogP contribution is 2.63. The first kappa shape index (κ1) is 43.6. The van der Waals surface area contributed by atoms with Crippen LogP contribution in [0.15, 0.2) is 137 Å². The van der Waals surface area contributed by atoms with Gasteiger partial charge in [0.25, 0.3) is 5.69 Å². The Labute approximate surface area is 360 Å². The lowest BCUT2D eigenvalue weighted by Gasteiger charge is -2.58. The maximum absolute atomic E-state index is 13.2. The number of ether oxygens (including phenoxy) is 3. The van der Waals surface area contributed by atoms with Crippen LogP contribution in [0, 0.1) is 27.9 Å². The van der Waals surface area contributed by atoms with Gasteiger partial charge in [0.05, 0.1) is 28.4 Å². The Morgan fingerprint density at radius 3 is 2.38 bits per heavy atom. The monoisotopic (exact) mass is 847 g/mol. The summed E-state index contributed by atoms with van der Waals surface area (Å²) in [6.45, 7) is 4.83. The van der Waals surface area contributed by atoms with Gasteiger partial charge in [0.15, 0.2) is 0 Å². The lowest BCUT2D eigenvalue weighted by molar-refractivity contribution is -0.384. The molecule has 13 heteroatoms. The molecule has 0 saturated heterocycles. The Morgan fingerprint density at radius 2 is 1.67 bits per heavy atom. The zero-order valence-corrected chi connectivity index (χ0v) is 34.9. The van der Waals surface area contributed by atoms with E-state index in [0.29, 0.717) is 37.3 Å². The molecule has 1 fully saturated rings. The molecule has 6 atom stereocenters. The summed E-state index contributed by atoms with van der Waals surface area (Å²) in [5, 5.41) is 38.5. The molecule has 1 saturated carbocycles. The highest BCUT2D eigenvalue weighted by Gasteiger charge is 2.64. The van der Waals surface area contributed by atoms with E-state index >= 15 is 0 Å². The average molecular weight is 848 g/mol. The van der Waals surface area contributed by atoms with Crippen LogP contribution >= 0.6 is 11.8 Å². The molecule has 61 heavy (non-hydrogen) atoms. The van der Waals surface area contributed by atoms with Gasteiger partial charge in [-0.3, -0.25) is 10.1 Å². The third kappa shape index (κ3) is 10.4. The van der Waals surface area contributed by atoms with Gasteiger partial charge in [-0.25, -0.2) is 4.79 Å². The number of thioether (sulfide) groups is 1. The maximum Gasteiger partial charge on any atom is 0.412 e. The third-order valence-electron chi connectivity index (χ3n) is 11.7. The highest BCUT2D eigenvalue weighted by molar-refractivity contribution is 8.00. The molecule has 0 bridgehead atoms. The van der Waals surface area contributed by atoms with Gasteiger partial charge in [0.1, 0.15) is 18.1 Å². The normalized spacial score (nSPS) is 23.1. The Hall–Kier alpha value is -5.47. The van der Waals surface area contributed by atoms with Crippen LogP contribution in [0.3, 0.4) is 0 Å². The number of fused-ring (bicyclic) bond motifs is 2. The van der Waals surface area contributed by atoms with E-state index in [0.717, 1.165) is 58.6 Å². The number of carbonyl (C=O) groups is 1. The summed E-state index contributed by atoms with van der Waals surface area (Å²) in [7, 11) is 0. The molecule has 7 rings (SSSR count). The molecule has 12 nitrogen and oxygen atoms in total. The van der Waals surface area contributed by atoms with Crippen molar-refractivity contribution in [3.05, 3.63) is 154 Å². The van der Waals surface area contributed by atoms with Gasteiger partial charge in [-0.1, -0.05) is 78.7 Å². The summed E-state index contributed by atoms with van der Waals surface area (Å²) in [6.07, 6.45) is 8.42. The molecule has 1 amide bonds. The van der Waals surface area contributed by atoms with Gasteiger partial charge in [-0.2, -0.15) is 0 Å². The molecule has 0 spiro atoms. The van der Waals surface area contributed by atoms with Crippen molar-refractivity contribution >= 4 is 29.3 Å². The second-order valence-electron chi connectivity index (χ2n) is 15.6. The second-order valence-corrected chi connectivity index (χ2v) is 16.9. The largest absolute Gasteiger partial charge is 0.460 e. The van der Waals surface area contributed by atoms with E-state index in [9.17, 15) is 25.1 Å². The van der Waals surface area contributed by atoms with Crippen molar-refractivity contribution in [1.29, 1.82) is 0 Å². The minimum atomic E-state index is -1.20. The number of amides is 1. The van der Waals surface area contributed by atoms with E-state index in [1.54, 1.807) is 36.0 Å². The number of carbonyl (C=O) groups excluding carboxylic acids is 1. The van der Waals surface area contributed by atoms with Gasteiger partial charge in [0, 0.05) is 54.7 Å². The second kappa shape index (κ2) is 20.9. The van der Waals surface area contributed by atoms with Crippen molar-refractivity contribution in [2.75, 3.05) is 19.8 Å². The number of unbranched alkanes of at least 4 members (excludes halogenated alkanes) is 2. The van der Waals surface area contributed by atoms with Crippen molar-refractivity contribution in [3.63, 3.8) is 0 Å². The zero-order chi connectivity index (χ0) is 42.6. The smallest absolute Gasteiger partial charge is 0.412 e. The molecule has 3 aliphatic rings.